The van der Waals surface area contributed by atoms with Gasteiger partial charge in [0.25, 0.3) is 0 Å². The van der Waals surface area contributed by atoms with Crippen LogP contribution in [0.3, 0.4) is 0 Å². The van der Waals surface area contributed by atoms with Crippen LogP contribution in [0.5, 0.6) is 0 Å². The van der Waals surface area contributed by atoms with Gasteiger partial charge in [-0.3, -0.25) is 0 Å². The highest BCUT2D eigenvalue weighted by atomic mass is 16.7. The molecule has 4 aliphatic carbocycles. The van der Waals surface area contributed by atoms with Gasteiger partial charge in [0.15, 0.2) is 18.9 Å². The Morgan fingerprint density at radius 3 is 1.73 bits per heavy atom. The van der Waals surface area contributed by atoms with Crippen molar-refractivity contribution in [2.45, 2.75) is 176 Å². The Morgan fingerprint density at radius 1 is 0.571 bits per heavy atom. The molecule has 324 valence electrons. The Balaban J connectivity index is 1.03. The second kappa shape index (κ2) is 16.0. The number of aliphatic hydroxyl groups excluding tert-OH is 12. The van der Waals surface area contributed by atoms with Gasteiger partial charge in [0.05, 0.1) is 38.1 Å². The summed E-state index contributed by atoms with van der Waals surface area (Å²) < 4.78 is 35.7. The molecule has 0 radical (unpaired) electrons. The van der Waals surface area contributed by atoms with Gasteiger partial charge in [0.1, 0.15) is 73.2 Å². The predicted molar refractivity (Wildman–Crippen MR) is 188 cm³/mol. The minimum Gasteiger partial charge on any atom is -0.394 e. The Labute approximate surface area is 325 Å². The van der Waals surface area contributed by atoms with Crippen molar-refractivity contribution in [2.24, 2.45) is 34.0 Å². The first-order valence-electron chi connectivity index (χ1n) is 20.2. The summed E-state index contributed by atoms with van der Waals surface area (Å²) in [5.74, 6) is 0.390. The van der Waals surface area contributed by atoms with Crippen molar-refractivity contribution >= 4 is 0 Å². The molecule has 56 heavy (non-hydrogen) atoms. The molecule has 7 aliphatic rings. The van der Waals surface area contributed by atoms with E-state index >= 15 is 0 Å². The summed E-state index contributed by atoms with van der Waals surface area (Å²) in [6.45, 7) is 4.59. The third-order valence-electron chi connectivity index (χ3n) is 15.5. The van der Waals surface area contributed by atoms with Gasteiger partial charge >= 0.3 is 0 Å². The van der Waals surface area contributed by atoms with Crippen LogP contribution in [0.4, 0.5) is 0 Å². The highest BCUT2D eigenvalue weighted by Crippen LogP contribution is 2.73. The van der Waals surface area contributed by atoms with Crippen molar-refractivity contribution in [3.63, 3.8) is 0 Å². The average molecular weight is 809 g/mol. The van der Waals surface area contributed by atoms with Gasteiger partial charge < -0.3 is 89.7 Å². The number of ether oxygens (including phenoxy) is 6. The second-order valence-electron chi connectivity index (χ2n) is 18.7. The fraction of sp³-hybridized carbons (Fsp3) is 1.00. The van der Waals surface area contributed by atoms with Gasteiger partial charge in [-0.15, -0.1) is 0 Å². The fourth-order valence-electron chi connectivity index (χ4n) is 12.5. The van der Waals surface area contributed by atoms with E-state index in [0.717, 1.165) is 38.5 Å². The molecular weight excluding hydrogens is 744 g/mol. The molecule has 0 aromatic carbocycles. The molecule has 22 atom stereocenters. The van der Waals surface area contributed by atoms with Gasteiger partial charge in [-0.1, -0.05) is 20.8 Å². The summed E-state index contributed by atoms with van der Waals surface area (Å²) in [5, 5.41) is 125. The van der Waals surface area contributed by atoms with Crippen molar-refractivity contribution in [3.8, 4) is 0 Å². The fourth-order valence-corrected chi connectivity index (χ4v) is 12.5. The summed E-state index contributed by atoms with van der Waals surface area (Å²) in [6.07, 6.45) is -16.6. The molecule has 7 fully saturated rings. The standard InChI is InChI=1S/C38H64O18/c1-35(2)20-6-9-37-10-16(38(14-37,15-41)56-34-31(50)27(46)24(43)18(12-40)53-34)4-5-21(37)36(20,3)8-7-22(35)55-33-30(49)28(47)25(44)19(54-33)13-51-32-29(48)26(45)23(42)17(11-39)52-32/h16-34,39-50H,4-15H2,1-3H3. The molecule has 0 amide bonds. The number of rotatable bonds is 10. The van der Waals surface area contributed by atoms with Crippen LogP contribution >= 0.6 is 0 Å². The lowest BCUT2D eigenvalue weighted by atomic mass is 9.41. The van der Waals surface area contributed by atoms with Crippen molar-refractivity contribution in [3.05, 3.63) is 0 Å². The normalized spacial score (nSPS) is 55.7. The minimum atomic E-state index is -1.68. The molecule has 0 aromatic heterocycles. The molecule has 3 heterocycles. The van der Waals surface area contributed by atoms with Crippen molar-refractivity contribution in [2.75, 3.05) is 26.4 Å². The van der Waals surface area contributed by atoms with Crippen LogP contribution in [0.1, 0.15) is 72.1 Å². The Morgan fingerprint density at radius 2 is 1.12 bits per heavy atom. The third-order valence-corrected chi connectivity index (χ3v) is 15.5. The zero-order valence-electron chi connectivity index (χ0n) is 32.3. The smallest absolute Gasteiger partial charge is 0.187 e. The lowest BCUT2D eigenvalue weighted by molar-refractivity contribution is -0.345. The van der Waals surface area contributed by atoms with E-state index in [1.807, 2.05) is 0 Å². The Bertz CT molecular complexity index is 1360. The molecule has 3 aliphatic heterocycles. The number of hydrogen-bond acceptors (Lipinski definition) is 18. The molecule has 2 bridgehead atoms. The van der Waals surface area contributed by atoms with Crippen LogP contribution in [-0.4, -0.2) is 192 Å². The summed E-state index contributed by atoms with van der Waals surface area (Å²) in [4.78, 5) is 0. The zero-order chi connectivity index (χ0) is 40.7. The van der Waals surface area contributed by atoms with Crippen LogP contribution in [-0.2, 0) is 28.4 Å². The summed E-state index contributed by atoms with van der Waals surface area (Å²) in [5.41, 5.74) is -1.82. The van der Waals surface area contributed by atoms with E-state index in [1.54, 1.807) is 0 Å². The quantitative estimate of drug-likeness (QED) is 0.0957. The number of fused-ring (bicyclic) bond motifs is 3. The highest BCUT2D eigenvalue weighted by Gasteiger charge is 2.69. The van der Waals surface area contributed by atoms with Crippen LogP contribution in [0.15, 0.2) is 0 Å². The summed E-state index contributed by atoms with van der Waals surface area (Å²) in [6, 6.07) is 0. The van der Waals surface area contributed by atoms with E-state index in [2.05, 4.69) is 20.8 Å². The Hall–Kier alpha value is -0.720. The monoisotopic (exact) mass is 808 g/mol. The molecule has 7 rings (SSSR count). The van der Waals surface area contributed by atoms with E-state index in [-0.39, 0.29) is 35.2 Å². The molecular formula is C38H64O18. The molecule has 18 nitrogen and oxygen atoms in total. The first kappa shape index (κ1) is 43.4. The minimum absolute atomic E-state index is 0.0340. The summed E-state index contributed by atoms with van der Waals surface area (Å²) in [7, 11) is 0. The van der Waals surface area contributed by atoms with Crippen molar-refractivity contribution < 1.29 is 89.7 Å². The third kappa shape index (κ3) is 7.00. The SMILES string of the molecule is CC1(C)C(OC2OC(COC3OC(CO)C(O)C(O)C3O)C(O)C(O)C2O)CCC2(C)C3CCC4CC3(CCC12)CC4(CO)OC1OC(CO)C(O)C(O)C1O. The largest absolute Gasteiger partial charge is 0.394 e. The van der Waals surface area contributed by atoms with E-state index in [9.17, 15) is 61.3 Å². The van der Waals surface area contributed by atoms with Gasteiger partial charge in [0.2, 0.25) is 0 Å². The van der Waals surface area contributed by atoms with Crippen LogP contribution in [0.25, 0.3) is 0 Å². The van der Waals surface area contributed by atoms with Gasteiger partial charge in [-0.2, -0.15) is 0 Å². The highest BCUT2D eigenvalue weighted by molar-refractivity contribution is 5.18. The topological polar surface area (TPSA) is 298 Å². The molecule has 1 spiro atoms. The lowest BCUT2D eigenvalue weighted by Crippen LogP contribution is -2.63. The van der Waals surface area contributed by atoms with Crippen LogP contribution in [0, 0.1) is 34.0 Å². The predicted octanol–water partition coefficient (Wildman–Crippen LogP) is -3.41. The lowest BCUT2D eigenvalue weighted by Gasteiger charge is -2.65. The maximum atomic E-state index is 11.0. The zero-order valence-corrected chi connectivity index (χ0v) is 32.3. The Kier molecular flexibility index (Phi) is 12.4. The molecule has 3 saturated heterocycles. The van der Waals surface area contributed by atoms with Crippen LogP contribution in [0.2, 0.25) is 0 Å². The first-order chi connectivity index (χ1) is 26.4. The maximum Gasteiger partial charge on any atom is 0.187 e. The van der Waals surface area contributed by atoms with Crippen molar-refractivity contribution in [1.29, 1.82) is 0 Å². The van der Waals surface area contributed by atoms with E-state index in [4.69, 9.17) is 28.4 Å². The van der Waals surface area contributed by atoms with E-state index in [0.29, 0.717) is 12.8 Å². The number of hydrogen-bond donors (Lipinski definition) is 12. The van der Waals surface area contributed by atoms with Gasteiger partial charge in [0, 0.05) is 0 Å². The molecule has 12 N–H and O–H groups in total. The molecule has 18 heteroatoms. The maximum absolute atomic E-state index is 11.0. The second-order valence-corrected chi connectivity index (χ2v) is 18.7. The van der Waals surface area contributed by atoms with E-state index in [1.165, 1.54) is 0 Å². The molecule has 0 aromatic rings. The number of aliphatic hydroxyl groups is 12. The van der Waals surface area contributed by atoms with Crippen LogP contribution < -0.4 is 0 Å². The van der Waals surface area contributed by atoms with Gasteiger partial charge in [-0.25, -0.2) is 0 Å². The van der Waals surface area contributed by atoms with Crippen molar-refractivity contribution in [1.82, 2.24) is 0 Å². The van der Waals surface area contributed by atoms with E-state index < -0.39 is 129 Å². The molecule has 4 saturated carbocycles. The van der Waals surface area contributed by atoms with Gasteiger partial charge in [-0.05, 0) is 85.4 Å². The average Bonchev–Trinajstić information content (AvgIpc) is 3.40. The first-order valence-corrected chi connectivity index (χ1v) is 20.2. The summed E-state index contributed by atoms with van der Waals surface area (Å²) >= 11 is 0. The molecule has 22 unspecified atom stereocenters.